The number of nitrogens with zero attached hydrogens (tertiary/aromatic N) is 4. The van der Waals surface area contributed by atoms with E-state index in [2.05, 4.69) is 65.2 Å². The van der Waals surface area contributed by atoms with Gasteiger partial charge in [0.1, 0.15) is 11.5 Å². The first-order chi connectivity index (χ1) is 25.0. The quantitative estimate of drug-likeness (QED) is 0.0837. The topological polar surface area (TPSA) is 132 Å². The Kier molecular flexibility index (Phi) is 18.8. The van der Waals surface area contributed by atoms with Crippen LogP contribution in [0.25, 0.3) is 0 Å². The molecule has 0 aliphatic heterocycles. The molecule has 0 saturated heterocycles. The van der Waals surface area contributed by atoms with Crippen LogP contribution in [0.2, 0.25) is 0 Å². The molecule has 0 aromatic rings. The Balaban J connectivity index is 2.36. The number of carbonyl (C=O) groups excluding carboxylic acids is 2. The molecule has 2 aliphatic rings. The Morgan fingerprint density at radius 3 is 1.41 bits per heavy atom. The molecule has 0 aromatic carbocycles. The number of hydrogen-bond donors (Lipinski definition) is 3. The number of ketones is 2. The summed E-state index contributed by atoms with van der Waals surface area (Å²) in [5.41, 5.74) is 7.25. The lowest BCUT2D eigenvalue weighted by Gasteiger charge is -2.35. The number of hydrogen-bond acceptors (Lipinski definition) is 9. The summed E-state index contributed by atoms with van der Waals surface area (Å²) in [4.78, 5) is 42.1. The van der Waals surface area contributed by atoms with Gasteiger partial charge in [0.25, 0.3) is 0 Å². The van der Waals surface area contributed by atoms with Crippen LogP contribution in [0.5, 0.6) is 0 Å². The van der Waals surface area contributed by atoms with E-state index in [4.69, 9.17) is 15.7 Å². The molecule has 0 saturated carbocycles. The fourth-order valence-electron chi connectivity index (χ4n) is 8.02. The van der Waals surface area contributed by atoms with Crippen molar-refractivity contribution in [3.05, 3.63) is 22.7 Å². The van der Waals surface area contributed by atoms with E-state index < -0.39 is 0 Å². The maximum absolute atomic E-state index is 13.6. The van der Waals surface area contributed by atoms with Crippen LogP contribution in [0, 0.1) is 27.6 Å². The fraction of sp³-hybridized carbons (Fsp3) is 0.822. The van der Waals surface area contributed by atoms with Crippen LogP contribution in [0.4, 0.5) is 0 Å². The summed E-state index contributed by atoms with van der Waals surface area (Å²) >= 11 is 0. The molecule has 310 valence electrons. The summed E-state index contributed by atoms with van der Waals surface area (Å²) in [5.74, 6) is 0.898. The summed E-state index contributed by atoms with van der Waals surface area (Å²) in [6, 6.07) is 0. The average molecular weight is 756 g/mol. The predicted molar refractivity (Wildman–Crippen MR) is 228 cm³/mol. The van der Waals surface area contributed by atoms with Gasteiger partial charge in [-0.15, -0.1) is 0 Å². The second-order valence-electron chi connectivity index (χ2n) is 20.0. The van der Waals surface area contributed by atoms with E-state index in [0.717, 1.165) is 77.1 Å². The average Bonchev–Trinajstić information content (AvgIpc) is 3.00. The Morgan fingerprint density at radius 2 is 1.07 bits per heavy atom. The van der Waals surface area contributed by atoms with Gasteiger partial charge in [0.15, 0.2) is 11.6 Å². The minimum Gasteiger partial charge on any atom is -0.511 e. The molecule has 0 heterocycles. The zero-order valence-electron chi connectivity index (χ0n) is 36.8. The van der Waals surface area contributed by atoms with Crippen molar-refractivity contribution in [2.75, 3.05) is 58.9 Å². The molecular weight excluding hydrogens is 675 g/mol. The molecule has 0 unspecified atom stereocenters. The van der Waals surface area contributed by atoms with E-state index in [0.29, 0.717) is 80.9 Å². The van der Waals surface area contributed by atoms with E-state index in [9.17, 15) is 19.8 Å². The molecule has 0 radical (unpaired) electrons. The third-order valence-electron chi connectivity index (χ3n) is 11.0. The van der Waals surface area contributed by atoms with Gasteiger partial charge in [-0.3, -0.25) is 19.6 Å². The lowest BCUT2D eigenvalue weighted by molar-refractivity contribution is -0.118. The monoisotopic (exact) mass is 756 g/mol. The van der Waals surface area contributed by atoms with Crippen molar-refractivity contribution in [1.82, 2.24) is 9.80 Å². The molecule has 4 N–H and O–H groups in total. The van der Waals surface area contributed by atoms with Crippen LogP contribution in [-0.4, -0.2) is 102 Å². The molecule has 0 aromatic heterocycles. The zero-order chi connectivity index (χ0) is 40.9. The number of aliphatic imine (C=N–C) groups is 2. The van der Waals surface area contributed by atoms with E-state index in [-0.39, 0.29) is 44.7 Å². The van der Waals surface area contributed by atoms with Crippen molar-refractivity contribution in [3.8, 4) is 0 Å². The molecule has 9 nitrogen and oxygen atoms in total. The maximum atomic E-state index is 13.6. The Labute approximate surface area is 330 Å². The van der Waals surface area contributed by atoms with E-state index in [1.165, 1.54) is 0 Å². The maximum Gasteiger partial charge on any atom is 0.168 e. The lowest BCUT2D eigenvalue weighted by Crippen LogP contribution is -2.34. The van der Waals surface area contributed by atoms with Gasteiger partial charge >= 0.3 is 0 Å². The third-order valence-corrected chi connectivity index (χ3v) is 11.0. The number of carbonyl (C=O) groups is 2. The van der Waals surface area contributed by atoms with Crippen molar-refractivity contribution in [2.45, 2.75) is 154 Å². The van der Waals surface area contributed by atoms with E-state index in [1.54, 1.807) is 0 Å². The Hall–Kier alpha value is -2.36. The van der Waals surface area contributed by atoms with Crippen LogP contribution in [0.15, 0.2) is 32.6 Å². The number of nitrogens with two attached hydrogens (primary N) is 1. The highest BCUT2D eigenvalue weighted by Gasteiger charge is 2.39. The highest BCUT2D eigenvalue weighted by Crippen LogP contribution is 2.42. The van der Waals surface area contributed by atoms with Crippen LogP contribution in [-0.2, 0) is 9.59 Å². The summed E-state index contributed by atoms with van der Waals surface area (Å²) < 4.78 is 0. The SMILES string of the molecule is CCCN(CCC)CCN=C(CC(C)(C)CCC(C)(C)CC(=NCCN(CCN)CCC(C)C)C1=C(O)CC(C)(C)CC1=O)C1=C(O)CC(C)(C)CC1=O. The molecule has 2 rings (SSSR count). The van der Waals surface area contributed by atoms with Gasteiger partial charge in [-0.25, -0.2) is 0 Å². The van der Waals surface area contributed by atoms with Crippen LogP contribution in [0.1, 0.15) is 154 Å². The largest absolute Gasteiger partial charge is 0.511 e. The van der Waals surface area contributed by atoms with Gasteiger partial charge in [-0.2, -0.15) is 0 Å². The summed E-state index contributed by atoms with van der Waals surface area (Å²) in [7, 11) is 0. The van der Waals surface area contributed by atoms with Gasteiger partial charge in [0.2, 0.25) is 0 Å². The Morgan fingerprint density at radius 1 is 0.685 bits per heavy atom. The summed E-state index contributed by atoms with van der Waals surface area (Å²) in [6.45, 7) is 33.0. The molecule has 9 heteroatoms. The van der Waals surface area contributed by atoms with Gasteiger partial charge in [0, 0.05) is 63.3 Å². The number of rotatable bonds is 24. The lowest BCUT2D eigenvalue weighted by atomic mass is 9.70. The van der Waals surface area contributed by atoms with Gasteiger partial charge < -0.3 is 25.7 Å². The summed E-state index contributed by atoms with van der Waals surface area (Å²) in [6.07, 6.45) is 7.84. The van der Waals surface area contributed by atoms with Crippen molar-refractivity contribution < 1.29 is 19.8 Å². The number of aliphatic hydroxyl groups excluding tert-OH is 2. The van der Waals surface area contributed by atoms with Crippen molar-refractivity contribution in [1.29, 1.82) is 0 Å². The molecule has 0 atom stereocenters. The van der Waals surface area contributed by atoms with Crippen molar-refractivity contribution in [3.63, 3.8) is 0 Å². The highest BCUT2D eigenvalue weighted by molar-refractivity contribution is 6.24. The van der Waals surface area contributed by atoms with Crippen LogP contribution < -0.4 is 5.73 Å². The first-order valence-electron chi connectivity index (χ1n) is 21.2. The first-order valence-corrected chi connectivity index (χ1v) is 21.2. The molecule has 0 fully saturated rings. The minimum absolute atomic E-state index is 0.0129. The van der Waals surface area contributed by atoms with Crippen molar-refractivity contribution in [2.24, 2.45) is 43.3 Å². The number of Topliss-reactive ketones (excluding diaryl/α,β-unsaturated/α-hetero) is 2. The fourth-order valence-corrected chi connectivity index (χ4v) is 8.02. The molecular formula is C45H81N5O4. The zero-order valence-corrected chi connectivity index (χ0v) is 36.8. The highest BCUT2D eigenvalue weighted by atomic mass is 16.3. The molecule has 0 spiro atoms. The molecule has 2 aliphatic carbocycles. The molecule has 54 heavy (non-hydrogen) atoms. The van der Waals surface area contributed by atoms with Crippen LogP contribution >= 0.6 is 0 Å². The number of allylic oxidation sites excluding steroid dienone is 4. The second kappa shape index (κ2) is 21.2. The second-order valence-corrected chi connectivity index (χ2v) is 20.0. The van der Waals surface area contributed by atoms with Crippen LogP contribution in [0.3, 0.4) is 0 Å². The van der Waals surface area contributed by atoms with Gasteiger partial charge in [0.05, 0.1) is 24.2 Å². The molecule has 0 bridgehead atoms. The van der Waals surface area contributed by atoms with Gasteiger partial charge in [-0.05, 0) is 92.2 Å². The molecule has 0 amide bonds. The standard InChI is InChI=1S/C45H81N5O4/c1-13-21-49(22-14-2)25-19-47-34(40-36(51)29-44(9,10)30-37(40)52)27-42(5,6)16-17-43(7,8)28-35(41-38(53)31-45(11,12)32-39(41)54)48-20-26-50(24-18-46)23-15-33(3)4/h33,51,53H,13-32,46H2,1-12H3. The summed E-state index contributed by atoms with van der Waals surface area (Å²) in [5, 5.41) is 22.5. The third kappa shape index (κ3) is 16.4. The van der Waals surface area contributed by atoms with Gasteiger partial charge in [-0.1, -0.05) is 83.1 Å². The first kappa shape index (κ1) is 47.8. The Bertz CT molecular complexity index is 1360. The number of aliphatic hydroxyl groups is 2. The minimum atomic E-state index is -0.285. The normalized spacial score (nSPS) is 19.0. The van der Waals surface area contributed by atoms with Crippen molar-refractivity contribution >= 4 is 23.0 Å². The van der Waals surface area contributed by atoms with E-state index >= 15 is 0 Å². The van der Waals surface area contributed by atoms with E-state index in [1.807, 2.05) is 27.7 Å². The smallest absolute Gasteiger partial charge is 0.168 e. The predicted octanol–water partition coefficient (Wildman–Crippen LogP) is 9.31.